The fraction of sp³-hybridized carbons (Fsp3) is 0. The van der Waals surface area contributed by atoms with E-state index >= 15 is 0 Å². The number of hydrazine groups is 1. The van der Waals surface area contributed by atoms with E-state index < -0.39 is 0 Å². The molecule has 1 aromatic carbocycles. The van der Waals surface area contributed by atoms with Crippen molar-refractivity contribution in [2.24, 2.45) is 5.84 Å². The summed E-state index contributed by atoms with van der Waals surface area (Å²) in [5.41, 5.74) is 10.2. The van der Waals surface area contributed by atoms with E-state index in [-0.39, 0.29) is 5.82 Å². The molecule has 0 aliphatic carbocycles. The molecule has 4 nitrogen and oxygen atoms in total. The molecule has 0 aliphatic heterocycles. The van der Waals surface area contributed by atoms with Crippen molar-refractivity contribution in [1.29, 1.82) is 0 Å². The highest BCUT2D eigenvalue weighted by molar-refractivity contribution is 5.72. The van der Waals surface area contributed by atoms with E-state index in [9.17, 15) is 4.39 Å². The molecule has 82 valence electrons. The molecule has 0 saturated carbocycles. The van der Waals surface area contributed by atoms with Crippen molar-refractivity contribution in [2.45, 2.75) is 0 Å². The molecule has 0 saturated heterocycles. The minimum absolute atomic E-state index is 0.273. The predicted molar refractivity (Wildman–Crippen MR) is 61.9 cm³/mol. The predicted octanol–water partition coefficient (Wildman–Crippen LogP) is 1.76. The summed E-state index contributed by atoms with van der Waals surface area (Å²) in [5.74, 6) is 5.37. The summed E-state index contributed by atoms with van der Waals surface area (Å²) in [6.07, 6.45) is 1.62. The van der Waals surface area contributed by atoms with Gasteiger partial charge < -0.3 is 11.2 Å². The number of benzene rings is 1. The molecular formula is C11H11FN4. The van der Waals surface area contributed by atoms with Gasteiger partial charge in [-0.3, -0.25) is 0 Å². The zero-order valence-corrected chi connectivity index (χ0v) is 8.44. The Balaban J connectivity index is 2.41. The van der Waals surface area contributed by atoms with Crippen molar-refractivity contribution in [3.8, 4) is 11.1 Å². The average Bonchev–Trinajstić information content (AvgIpc) is 2.30. The lowest BCUT2D eigenvalue weighted by atomic mass is 10.1. The first-order chi connectivity index (χ1) is 7.70. The number of pyridine rings is 1. The van der Waals surface area contributed by atoms with Crippen LogP contribution >= 0.6 is 0 Å². The van der Waals surface area contributed by atoms with Crippen LogP contribution in [0, 0.1) is 5.82 Å². The number of nitrogens with zero attached hydrogens (tertiary/aromatic N) is 1. The zero-order chi connectivity index (χ0) is 11.5. The second kappa shape index (κ2) is 4.16. The maximum Gasteiger partial charge on any atom is 0.163 e. The number of nitrogen functional groups attached to an aromatic ring is 2. The van der Waals surface area contributed by atoms with Crippen LogP contribution in [-0.4, -0.2) is 4.98 Å². The lowest BCUT2D eigenvalue weighted by Gasteiger charge is -2.06. The van der Waals surface area contributed by atoms with E-state index in [1.807, 2.05) is 0 Å². The lowest BCUT2D eigenvalue weighted by molar-refractivity contribution is 0.628. The highest BCUT2D eigenvalue weighted by atomic mass is 19.1. The van der Waals surface area contributed by atoms with Gasteiger partial charge in [-0.25, -0.2) is 15.2 Å². The highest BCUT2D eigenvalue weighted by Crippen LogP contribution is 2.24. The number of hydrogen-bond acceptors (Lipinski definition) is 4. The van der Waals surface area contributed by atoms with Crippen LogP contribution in [0.1, 0.15) is 0 Å². The van der Waals surface area contributed by atoms with Crippen LogP contribution in [0.2, 0.25) is 0 Å². The minimum Gasteiger partial charge on any atom is -0.396 e. The Hall–Kier alpha value is -2.14. The van der Waals surface area contributed by atoms with Gasteiger partial charge in [-0.1, -0.05) is 12.1 Å². The summed E-state index contributed by atoms with van der Waals surface area (Å²) in [7, 11) is 0. The maximum absolute atomic E-state index is 12.7. The van der Waals surface area contributed by atoms with Gasteiger partial charge in [-0.2, -0.15) is 0 Å². The molecular weight excluding hydrogens is 207 g/mol. The lowest BCUT2D eigenvalue weighted by Crippen LogP contribution is -2.10. The average molecular weight is 218 g/mol. The van der Waals surface area contributed by atoms with Crippen LogP contribution in [0.5, 0.6) is 0 Å². The number of anilines is 2. The standard InChI is InChI=1S/C11H11FN4/c12-9-3-1-7(2-4-9)8-5-10(13)11(16-14)15-6-8/h1-6H,13-14H2,(H,15,16). The highest BCUT2D eigenvalue weighted by Gasteiger charge is 2.03. The van der Waals surface area contributed by atoms with E-state index in [4.69, 9.17) is 11.6 Å². The number of aromatic nitrogens is 1. The van der Waals surface area contributed by atoms with Gasteiger partial charge in [0.1, 0.15) is 5.82 Å². The third-order valence-corrected chi connectivity index (χ3v) is 2.23. The number of rotatable bonds is 2. The molecule has 5 N–H and O–H groups in total. The molecule has 0 atom stereocenters. The van der Waals surface area contributed by atoms with Crippen molar-refractivity contribution in [1.82, 2.24) is 4.98 Å². The smallest absolute Gasteiger partial charge is 0.163 e. The number of hydrogen-bond donors (Lipinski definition) is 3. The first-order valence-corrected chi connectivity index (χ1v) is 4.69. The Labute approximate surface area is 92.1 Å². The van der Waals surface area contributed by atoms with Crippen LogP contribution in [0.15, 0.2) is 36.5 Å². The first-order valence-electron chi connectivity index (χ1n) is 4.69. The van der Waals surface area contributed by atoms with Crippen molar-refractivity contribution in [3.05, 3.63) is 42.3 Å². The summed E-state index contributed by atoms with van der Waals surface area (Å²) in [4.78, 5) is 4.04. The Bertz CT molecular complexity index is 496. The summed E-state index contributed by atoms with van der Waals surface area (Å²) >= 11 is 0. The fourth-order valence-electron chi connectivity index (χ4n) is 1.40. The van der Waals surface area contributed by atoms with E-state index in [1.54, 1.807) is 24.4 Å². The van der Waals surface area contributed by atoms with E-state index in [1.165, 1.54) is 12.1 Å². The van der Waals surface area contributed by atoms with Crippen LogP contribution in [0.3, 0.4) is 0 Å². The van der Waals surface area contributed by atoms with Crippen LogP contribution in [-0.2, 0) is 0 Å². The van der Waals surface area contributed by atoms with Gasteiger partial charge in [0.2, 0.25) is 0 Å². The molecule has 5 heteroatoms. The van der Waals surface area contributed by atoms with E-state index in [0.29, 0.717) is 11.5 Å². The Kier molecular flexibility index (Phi) is 2.70. The SMILES string of the molecule is NNc1ncc(-c2ccc(F)cc2)cc1N. The molecule has 2 aromatic rings. The topological polar surface area (TPSA) is 77.0 Å². The zero-order valence-electron chi connectivity index (χ0n) is 8.44. The molecule has 0 radical (unpaired) electrons. The van der Waals surface area contributed by atoms with Crippen LogP contribution in [0.4, 0.5) is 15.9 Å². The van der Waals surface area contributed by atoms with Gasteiger partial charge in [-0.05, 0) is 23.8 Å². The molecule has 1 aromatic heterocycles. The van der Waals surface area contributed by atoms with Gasteiger partial charge >= 0.3 is 0 Å². The fourth-order valence-corrected chi connectivity index (χ4v) is 1.40. The largest absolute Gasteiger partial charge is 0.396 e. The second-order valence-corrected chi connectivity index (χ2v) is 3.31. The molecule has 0 bridgehead atoms. The van der Waals surface area contributed by atoms with Crippen molar-refractivity contribution in [2.75, 3.05) is 11.2 Å². The number of halogens is 1. The van der Waals surface area contributed by atoms with Crippen molar-refractivity contribution >= 4 is 11.5 Å². The Morgan fingerprint density at radius 2 is 1.81 bits per heavy atom. The molecule has 0 fully saturated rings. The first kappa shape index (κ1) is 10.4. The van der Waals surface area contributed by atoms with Crippen LogP contribution in [0.25, 0.3) is 11.1 Å². The molecule has 16 heavy (non-hydrogen) atoms. The summed E-state index contributed by atoms with van der Waals surface area (Å²) in [6.45, 7) is 0. The Morgan fingerprint density at radius 1 is 1.12 bits per heavy atom. The molecule has 2 rings (SSSR count). The quantitative estimate of drug-likeness (QED) is 0.530. The maximum atomic E-state index is 12.7. The third-order valence-electron chi connectivity index (χ3n) is 2.23. The summed E-state index contributed by atoms with van der Waals surface area (Å²) in [5, 5.41) is 0. The van der Waals surface area contributed by atoms with Crippen LogP contribution < -0.4 is 17.0 Å². The summed E-state index contributed by atoms with van der Waals surface area (Å²) in [6, 6.07) is 7.85. The van der Waals surface area contributed by atoms with Gasteiger partial charge in [0.05, 0.1) is 5.69 Å². The molecule has 0 spiro atoms. The number of nitrogens with two attached hydrogens (primary N) is 2. The van der Waals surface area contributed by atoms with Gasteiger partial charge in [0.15, 0.2) is 5.82 Å². The Morgan fingerprint density at radius 3 is 2.38 bits per heavy atom. The normalized spacial score (nSPS) is 10.1. The summed E-state index contributed by atoms with van der Waals surface area (Å²) < 4.78 is 12.7. The monoisotopic (exact) mass is 218 g/mol. The molecule has 0 amide bonds. The molecule has 0 aliphatic rings. The van der Waals surface area contributed by atoms with Gasteiger partial charge in [-0.15, -0.1) is 0 Å². The minimum atomic E-state index is -0.273. The van der Waals surface area contributed by atoms with E-state index in [2.05, 4.69) is 10.4 Å². The third kappa shape index (κ3) is 1.94. The second-order valence-electron chi connectivity index (χ2n) is 3.31. The van der Waals surface area contributed by atoms with Crippen molar-refractivity contribution in [3.63, 3.8) is 0 Å². The van der Waals surface area contributed by atoms with Crippen molar-refractivity contribution < 1.29 is 4.39 Å². The van der Waals surface area contributed by atoms with Gasteiger partial charge in [0.25, 0.3) is 0 Å². The number of nitrogens with one attached hydrogen (secondary N) is 1. The molecule has 0 unspecified atom stereocenters. The molecule has 1 heterocycles. The van der Waals surface area contributed by atoms with E-state index in [0.717, 1.165) is 11.1 Å². The van der Waals surface area contributed by atoms with Gasteiger partial charge in [0, 0.05) is 11.8 Å².